The van der Waals surface area contributed by atoms with Gasteiger partial charge in [0.15, 0.2) is 11.4 Å². The molecule has 1 N–H and O–H groups in total. The summed E-state index contributed by atoms with van der Waals surface area (Å²) in [7, 11) is 0. The number of pyridine rings is 2. The summed E-state index contributed by atoms with van der Waals surface area (Å²) in [5.41, 5.74) is 4.01. The Balaban J connectivity index is 1.80. The first-order valence-electron chi connectivity index (χ1n) is 10.4. The first-order chi connectivity index (χ1) is 14.4. The molecule has 3 aromatic rings. The summed E-state index contributed by atoms with van der Waals surface area (Å²) in [5.74, 6) is 0.458. The topological polar surface area (TPSA) is 75.2 Å². The molecule has 1 atom stereocenters. The number of hydrogen-bond acceptors (Lipinski definition) is 5. The van der Waals surface area contributed by atoms with Gasteiger partial charge in [0, 0.05) is 41.6 Å². The summed E-state index contributed by atoms with van der Waals surface area (Å²) >= 11 is 0. The van der Waals surface area contributed by atoms with Gasteiger partial charge in [-0.15, -0.1) is 0 Å². The highest BCUT2D eigenvalue weighted by atomic mass is 16.2. The van der Waals surface area contributed by atoms with Crippen LogP contribution in [0.5, 0.6) is 0 Å². The Hall–Kier alpha value is -3.28. The van der Waals surface area contributed by atoms with Gasteiger partial charge < -0.3 is 10.2 Å². The number of piperidine rings is 1. The number of anilines is 2. The van der Waals surface area contributed by atoms with Crippen LogP contribution in [0, 0.1) is 12.8 Å². The van der Waals surface area contributed by atoms with Gasteiger partial charge in [-0.1, -0.05) is 19.1 Å². The standard InChI is InChI=1S/C24H26N4O2/c1-15-6-5-11-28(14-15)24(30)21-13-25-23-20(10-9-16(2)26-23)22(21)27-19-8-4-7-18(12-19)17(3)29/h4,7-10,12-13,15H,5-6,11,14H2,1-3H3,(H,25,26,27)/t15-/m1/s1. The fourth-order valence-electron chi connectivity index (χ4n) is 3.97. The van der Waals surface area contributed by atoms with Crippen LogP contribution >= 0.6 is 0 Å². The number of rotatable bonds is 4. The summed E-state index contributed by atoms with van der Waals surface area (Å²) < 4.78 is 0. The van der Waals surface area contributed by atoms with Crippen LogP contribution in [0.15, 0.2) is 42.6 Å². The molecule has 154 valence electrons. The van der Waals surface area contributed by atoms with Crippen molar-refractivity contribution in [1.29, 1.82) is 0 Å². The zero-order chi connectivity index (χ0) is 21.3. The van der Waals surface area contributed by atoms with Gasteiger partial charge in [-0.2, -0.15) is 0 Å². The van der Waals surface area contributed by atoms with Crippen LogP contribution in [0.4, 0.5) is 11.4 Å². The van der Waals surface area contributed by atoms with Crippen LogP contribution in [0.1, 0.15) is 53.1 Å². The molecule has 4 rings (SSSR count). The molecule has 1 fully saturated rings. The number of likely N-dealkylation sites (tertiary alicyclic amines) is 1. The van der Waals surface area contributed by atoms with Crippen molar-refractivity contribution in [1.82, 2.24) is 14.9 Å². The van der Waals surface area contributed by atoms with E-state index in [4.69, 9.17) is 0 Å². The molecule has 1 aromatic carbocycles. The normalized spacial score (nSPS) is 16.5. The van der Waals surface area contributed by atoms with Crippen molar-refractivity contribution in [3.05, 3.63) is 59.4 Å². The molecule has 0 unspecified atom stereocenters. The van der Waals surface area contributed by atoms with Gasteiger partial charge in [0.25, 0.3) is 5.91 Å². The molecular formula is C24H26N4O2. The predicted molar refractivity (Wildman–Crippen MR) is 118 cm³/mol. The third-order valence-electron chi connectivity index (χ3n) is 5.58. The number of aryl methyl sites for hydroxylation is 1. The quantitative estimate of drug-likeness (QED) is 0.637. The number of carbonyl (C=O) groups is 2. The lowest BCUT2D eigenvalue weighted by atomic mass is 9.99. The Morgan fingerprint density at radius 2 is 2.03 bits per heavy atom. The summed E-state index contributed by atoms with van der Waals surface area (Å²) in [6, 6.07) is 11.2. The minimum atomic E-state index is -0.0262. The first kappa shape index (κ1) is 20.0. The van der Waals surface area contributed by atoms with Crippen LogP contribution in [0.2, 0.25) is 0 Å². The molecule has 1 saturated heterocycles. The van der Waals surface area contributed by atoms with Gasteiger partial charge in [-0.05, 0) is 56.9 Å². The van der Waals surface area contributed by atoms with Crippen molar-refractivity contribution < 1.29 is 9.59 Å². The number of carbonyl (C=O) groups excluding carboxylic acids is 2. The molecular weight excluding hydrogens is 376 g/mol. The van der Waals surface area contributed by atoms with Crippen LogP contribution < -0.4 is 5.32 Å². The van der Waals surface area contributed by atoms with Crippen LogP contribution in [0.3, 0.4) is 0 Å². The lowest BCUT2D eigenvalue weighted by molar-refractivity contribution is 0.0683. The molecule has 1 aliphatic heterocycles. The molecule has 0 bridgehead atoms. The SMILES string of the molecule is CC(=O)c1cccc(Nc2c(C(=O)N3CCC[C@@H](C)C3)cnc3nc(C)ccc23)c1. The molecule has 0 radical (unpaired) electrons. The summed E-state index contributed by atoms with van der Waals surface area (Å²) in [5, 5.41) is 4.16. The third kappa shape index (κ3) is 4.03. The smallest absolute Gasteiger partial charge is 0.257 e. The van der Waals surface area contributed by atoms with E-state index in [1.165, 1.54) is 0 Å². The average Bonchev–Trinajstić information content (AvgIpc) is 2.73. The second-order valence-electron chi connectivity index (χ2n) is 8.13. The molecule has 6 nitrogen and oxygen atoms in total. The van der Waals surface area contributed by atoms with Gasteiger partial charge in [-0.25, -0.2) is 9.97 Å². The average molecular weight is 402 g/mol. The van der Waals surface area contributed by atoms with E-state index >= 15 is 0 Å². The molecule has 2 aromatic heterocycles. The van der Waals surface area contributed by atoms with Crippen molar-refractivity contribution in [3.8, 4) is 0 Å². The number of Topliss-reactive ketones (excluding diaryl/α,β-unsaturated/α-hetero) is 1. The zero-order valence-electron chi connectivity index (χ0n) is 17.6. The predicted octanol–water partition coefficient (Wildman–Crippen LogP) is 4.76. The van der Waals surface area contributed by atoms with Crippen molar-refractivity contribution >= 4 is 34.1 Å². The lowest BCUT2D eigenvalue weighted by Gasteiger charge is -2.31. The fourth-order valence-corrected chi connectivity index (χ4v) is 3.97. The van der Waals surface area contributed by atoms with E-state index < -0.39 is 0 Å². The lowest BCUT2D eigenvalue weighted by Crippen LogP contribution is -2.39. The fraction of sp³-hybridized carbons (Fsp3) is 0.333. The maximum atomic E-state index is 13.4. The van der Waals surface area contributed by atoms with E-state index in [9.17, 15) is 9.59 Å². The number of benzene rings is 1. The van der Waals surface area contributed by atoms with E-state index in [-0.39, 0.29) is 11.7 Å². The number of hydrogen-bond donors (Lipinski definition) is 1. The van der Waals surface area contributed by atoms with E-state index in [2.05, 4.69) is 22.2 Å². The Bertz CT molecular complexity index is 1130. The number of nitrogens with one attached hydrogen (secondary N) is 1. The van der Waals surface area contributed by atoms with Crippen LogP contribution in [-0.4, -0.2) is 39.6 Å². The minimum Gasteiger partial charge on any atom is -0.354 e. The molecule has 0 saturated carbocycles. The summed E-state index contributed by atoms with van der Waals surface area (Å²) in [4.78, 5) is 36.1. The van der Waals surface area contributed by atoms with Gasteiger partial charge in [-0.3, -0.25) is 9.59 Å². The summed E-state index contributed by atoms with van der Waals surface area (Å²) in [6.07, 6.45) is 3.78. The largest absolute Gasteiger partial charge is 0.354 e. The Kier molecular flexibility index (Phi) is 5.48. The Morgan fingerprint density at radius 1 is 1.20 bits per heavy atom. The van der Waals surface area contributed by atoms with Crippen molar-refractivity contribution in [3.63, 3.8) is 0 Å². The van der Waals surface area contributed by atoms with Gasteiger partial charge in [0.05, 0.1) is 11.3 Å². The Labute approximate surface area is 176 Å². The van der Waals surface area contributed by atoms with Gasteiger partial charge in [0.1, 0.15) is 0 Å². The van der Waals surface area contributed by atoms with Crippen molar-refractivity contribution in [2.75, 3.05) is 18.4 Å². The number of nitrogens with zero attached hydrogens (tertiary/aromatic N) is 3. The zero-order valence-corrected chi connectivity index (χ0v) is 17.6. The monoisotopic (exact) mass is 402 g/mol. The second-order valence-corrected chi connectivity index (χ2v) is 8.13. The van der Waals surface area contributed by atoms with Crippen molar-refractivity contribution in [2.45, 2.75) is 33.6 Å². The second kappa shape index (κ2) is 8.22. The minimum absolute atomic E-state index is 0.00543. The maximum absolute atomic E-state index is 13.4. The molecule has 1 aliphatic rings. The van der Waals surface area contributed by atoms with E-state index in [0.29, 0.717) is 28.4 Å². The number of aromatic nitrogens is 2. The van der Waals surface area contributed by atoms with E-state index in [0.717, 1.165) is 42.7 Å². The van der Waals surface area contributed by atoms with Gasteiger partial charge >= 0.3 is 0 Å². The van der Waals surface area contributed by atoms with E-state index in [1.54, 1.807) is 25.3 Å². The van der Waals surface area contributed by atoms with Gasteiger partial charge in [0.2, 0.25) is 0 Å². The molecule has 3 heterocycles. The molecule has 0 spiro atoms. The Morgan fingerprint density at radius 3 is 2.80 bits per heavy atom. The highest BCUT2D eigenvalue weighted by Gasteiger charge is 2.25. The molecule has 30 heavy (non-hydrogen) atoms. The number of amides is 1. The highest BCUT2D eigenvalue weighted by molar-refractivity contribution is 6.07. The van der Waals surface area contributed by atoms with Crippen LogP contribution in [0.25, 0.3) is 11.0 Å². The van der Waals surface area contributed by atoms with Crippen molar-refractivity contribution in [2.24, 2.45) is 5.92 Å². The molecule has 0 aliphatic carbocycles. The highest BCUT2D eigenvalue weighted by Crippen LogP contribution is 2.31. The third-order valence-corrected chi connectivity index (χ3v) is 5.58. The maximum Gasteiger partial charge on any atom is 0.257 e. The first-order valence-corrected chi connectivity index (χ1v) is 10.4. The number of fused-ring (bicyclic) bond motifs is 1. The van der Waals surface area contributed by atoms with Crippen LogP contribution in [-0.2, 0) is 0 Å². The van der Waals surface area contributed by atoms with E-state index in [1.807, 2.05) is 36.1 Å². The summed E-state index contributed by atoms with van der Waals surface area (Å²) in [6.45, 7) is 7.14. The molecule has 1 amide bonds. The molecule has 6 heteroatoms. The number of ketones is 1.